The smallest absolute Gasteiger partial charge is 0.161 e. The summed E-state index contributed by atoms with van der Waals surface area (Å²) in [5.74, 6) is 0.617. The molecule has 2 N–H and O–H groups in total. The number of anilines is 1. The molecular weight excluding hydrogens is 224 g/mol. The number of hydrogen-bond donors (Lipinski definition) is 1. The minimum Gasteiger partial charge on any atom is -0.389 e. The maximum atomic E-state index is 5.72. The number of nitrogen functional groups attached to an aromatic ring is 1. The van der Waals surface area contributed by atoms with Crippen LogP contribution in [0, 0.1) is 5.92 Å². The van der Waals surface area contributed by atoms with Crippen LogP contribution in [0.15, 0.2) is 3.92 Å². The van der Waals surface area contributed by atoms with E-state index in [9.17, 15) is 0 Å². The lowest BCUT2D eigenvalue weighted by atomic mass is 10.1. The second-order valence-electron chi connectivity index (χ2n) is 2.88. The van der Waals surface area contributed by atoms with Crippen LogP contribution in [-0.4, -0.2) is 4.98 Å². The van der Waals surface area contributed by atoms with Crippen LogP contribution in [0.2, 0.25) is 0 Å². The molecule has 62 valence electrons. The minimum absolute atomic E-state index is 0.617. The molecule has 1 aromatic heterocycles. The number of nitrogens with two attached hydrogens (primary N) is 1. The van der Waals surface area contributed by atoms with Crippen molar-refractivity contribution in [3.05, 3.63) is 9.61 Å². The Balaban J connectivity index is 2.77. The van der Waals surface area contributed by atoms with Crippen molar-refractivity contribution in [2.45, 2.75) is 20.3 Å². The first-order valence-electron chi connectivity index (χ1n) is 3.50. The van der Waals surface area contributed by atoms with Crippen molar-refractivity contribution >= 4 is 32.3 Å². The Kier molecular flexibility index (Phi) is 2.90. The van der Waals surface area contributed by atoms with Crippen molar-refractivity contribution in [3.63, 3.8) is 0 Å². The lowest BCUT2D eigenvalue weighted by molar-refractivity contribution is 0.638. The molecule has 0 aliphatic rings. The molecule has 0 aliphatic carbocycles. The van der Waals surface area contributed by atoms with Crippen LogP contribution in [-0.2, 0) is 6.42 Å². The summed E-state index contributed by atoms with van der Waals surface area (Å²) in [4.78, 5) is 4.26. The molecule has 0 spiro atoms. The Morgan fingerprint density at radius 1 is 1.64 bits per heavy atom. The molecule has 1 heterocycles. The molecule has 0 unspecified atom stereocenters. The SMILES string of the molecule is CC(C)Cc1nc(Br)sc1N. The molecule has 0 aliphatic heterocycles. The second kappa shape index (κ2) is 3.54. The highest BCUT2D eigenvalue weighted by Gasteiger charge is 2.07. The summed E-state index contributed by atoms with van der Waals surface area (Å²) < 4.78 is 0.880. The molecule has 0 fully saturated rings. The van der Waals surface area contributed by atoms with Crippen molar-refractivity contribution in [1.82, 2.24) is 4.98 Å². The largest absolute Gasteiger partial charge is 0.389 e. The number of halogens is 1. The Morgan fingerprint density at radius 3 is 2.64 bits per heavy atom. The summed E-state index contributed by atoms with van der Waals surface area (Å²) in [5.41, 5.74) is 6.74. The predicted molar refractivity (Wildman–Crippen MR) is 52.8 cm³/mol. The van der Waals surface area contributed by atoms with E-state index in [0.717, 1.165) is 21.0 Å². The fraction of sp³-hybridized carbons (Fsp3) is 0.571. The van der Waals surface area contributed by atoms with Gasteiger partial charge >= 0.3 is 0 Å². The first-order chi connectivity index (χ1) is 5.09. The first-order valence-corrected chi connectivity index (χ1v) is 5.11. The third kappa shape index (κ3) is 2.45. The van der Waals surface area contributed by atoms with Gasteiger partial charge in [-0.25, -0.2) is 4.98 Å². The van der Waals surface area contributed by atoms with Crippen molar-refractivity contribution in [2.24, 2.45) is 5.92 Å². The van der Waals surface area contributed by atoms with Gasteiger partial charge in [-0.05, 0) is 28.3 Å². The van der Waals surface area contributed by atoms with Crippen LogP contribution in [0.1, 0.15) is 19.5 Å². The monoisotopic (exact) mass is 234 g/mol. The number of thiazole rings is 1. The van der Waals surface area contributed by atoms with Crippen LogP contribution >= 0.6 is 27.3 Å². The Hall–Kier alpha value is -0.0900. The Bertz CT molecular complexity index is 245. The van der Waals surface area contributed by atoms with Gasteiger partial charge in [0.1, 0.15) is 5.00 Å². The van der Waals surface area contributed by atoms with E-state index in [1.165, 1.54) is 11.3 Å². The lowest BCUT2D eigenvalue weighted by Crippen LogP contribution is -1.97. The predicted octanol–water partition coefficient (Wildman–Crippen LogP) is 2.69. The zero-order valence-corrected chi connectivity index (χ0v) is 9.00. The normalized spacial score (nSPS) is 10.9. The van der Waals surface area contributed by atoms with Gasteiger partial charge in [0.2, 0.25) is 0 Å². The van der Waals surface area contributed by atoms with E-state index in [0.29, 0.717) is 5.92 Å². The van der Waals surface area contributed by atoms with E-state index < -0.39 is 0 Å². The molecule has 0 atom stereocenters. The Labute approximate surface area is 79.0 Å². The molecule has 0 saturated heterocycles. The number of hydrogen-bond acceptors (Lipinski definition) is 3. The van der Waals surface area contributed by atoms with Crippen molar-refractivity contribution < 1.29 is 0 Å². The second-order valence-corrected chi connectivity index (χ2v) is 5.18. The molecule has 11 heavy (non-hydrogen) atoms. The van der Waals surface area contributed by atoms with Gasteiger partial charge in [-0.2, -0.15) is 0 Å². The van der Waals surface area contributed by atoms with E-state index in [1.54, 1.807) is 0 Å². The molecule has 0 aromatic carbocycles. The van der Waals surface area contributed by atoms with Gasteiger partial charge in [-0.1, -0.05) is 25.2 Å². The van der Waals surface area contributed by atoms with Crippen LogP contribution < -0.4 is 5.73 Å². The molecule has 0 saturated carbocycles. The topological polar surface area (TPSA) is 38.9 Å². The van der Waals surface area contributed by atoms with Crippen LogP contribution in [0.3, 0.4) is 0 Å². The van der Waals surface area contributed by atoms with Crippen LogP contribution in [0.25, 0.3) is 0 Å². The Morgan fingerprint density at radius 2 is 2.27 bits per heavy atom. The van der Waals surface area contributed by atoms with Gasteiger partial charge in [0.25, 0.3) is 0 Å². The van der Waals surface area contributed by atoms with Gasteiger partial charge in [0.15, 0.2) is 3.92 Å². The average Bonchev–Trinajstić information content (AvgIpc) is 2.09. The number of rotatable bonds is 2. The van der Waals surface area contributed by atoms with Crippen LogP contribution in [0.4, 0.5) is 5.00 Å². The number of nitrogens with zero attached hydrogens (tertiary/aromatic N) is 1. The zero-order chi connectivity index (χ0) is 8.43. The van der Waals surface area contributed by atoms with E-state index in [2.05, 4.69) is 34.8 Å². The zero-order valence-electron chi connectivity index (χ0n) is 6.60. The maximum Gasteiger partial charge on any atom is 0.161 e. The first kappa shape index (κ1) is 9.00. The highest BCUT2D eigenvalue weighted by atomic mass is 79.9. The quantitative estimate of drug-likeness (QED) is 0.855. The van der Waals surface area contributed by atoms with E-state index >= 15 is 0 Å². The van der Waals surface area contributed by atoms with Crippen molar-refractivity contribution in [3.8, 4) is 0 Å². The summed E-state index contributed by atoms with van der Waals surface area (Å²) in [6, 6.07) is 0. The highest BCUT2D eigenvalue weighted by Crippen LogP contribution is 2.26. The van der Waals surface area contributed by atoms with Gasteiger partial charge in [-0.15, -0.1) is 0 Å². The summed E-state index contributed by atoms with van der Waals surface area (Å²) in [7, 11) is 0. The minimum atomic E-state index is 0.617. The van der Waals surface area contributed by atoms with Gasteiger partial charge in [-0.3, -0.25) is 0 Å². The summed E-state index contributed by atoms with van der Waals surface area (Å²) in [5, 5.41) is 0.838. The molecule has 1 rings (SSSR count). The molecule has 1 aromatic rings. The summed E-state index contributed by atoms with van der Waals surface area (Å²) in [6.45, 7) is 4.32. The van der Waals surface area contributed by atoms with Crippen LogP contribution in [0.5, 0.6) is 0 Å². The fourth-order valence-electron chi connectivity index (χ4n) is 0.867. The van der Waals surface area contributed by atoms with E-state index in [-0.39, 0.29) is 0 Å². The standard InChI is InChI=1S/C7H11BrN2S/c1-4(2)3-5-6(9)11-7(8)10-5/h4H,3,9H2,1-2H3. The summed E-state index contributed by atoms with van der Waals surface area (Å²) >= 11 is 4.79. The molecule has 2 nitrogen and oxygen atoms in total. The highest BCUT2D eigenvalue weighted by molar-refractivity contribution is 9.11. The maximum absolute atomic E-state index is 5.72. The van der Waals surface area contributed by atoms with Gasteiger partial charge < -0.3 is 5.73 Å². The molecule has 0 amide bonds. The number of aromatic nitrogens is 1. The average molecular weight is 235 g/mol. The van der Waals surface area contributed by atoms with Crippen molar-refractivity contribution in [2.75, 3.05) is 5.73 Å². The third-order valence-corrected chi connectivity index (χ3v) is 2.68. The third-order valence-electron chi connectivity index (χ3n) is 1.30. The molecule has 4 heteroatoms. The molecule has 0 radical (unpaired) electrons. The fourth-order valence-corrected chi connectivity index (χ4v) is 2.19. The van der Waals surface area contributed by atoms with E-state index in [4.69, 9.17) is 5.73 Å². The molecular formula is C7H11BrN2S. The summed E-state index contributed by atoms with van der Waals surface area (Å²) in [6.07, 6.45) is 0.966. The van der Waals surface area contributed by atoms with Crippen molar-refractivity contribution in [1.29, 1.82) is 0 Å². The van der Waals surface area contributed by atoms with Gasteiger partial charge in [0, 0.05) is 0 Å². The van der Waals surface area contributed by atoms with E-state index in [1.807, 2.05) is 0 Å². The van der Waals surface area contributed by atoms with Gasteiger partial charge in [0.05, 0.1) is 5.69 Å². The lowest BCUT2D eigenvalue weighted by Gasteiger charge is -2.00. The molecule has 0 bridgehead atoms.